The molecule has 1 aromatic rings. The van der Waals surface area contributed by atoms with Crippen molar-refractivity contribution in [3.05, 3.63) is 28.3 Å². The number of methoxy groups -OCH3 is 1. The van der Waals surface area contributed by atoms with Crippen LogP contribution in [0.2, 0.25) is 0 Å². The van der Waals surface area contributed by atoms with Crippen molar-refractivity contribution < 1.29 is 4.74 Å². The van der Waals surface area contributed by atoms with Gasteiger partial charge in [-0.25, -0.2) is 0 Å². The van der Waals surface area contributed by atoms with E-state index in [4.69, 9.17) is 16.2 Å². The SMILES string of the molecule is COc1cc(C)c(C(N)CC(C)(C)N)c(C)c1C. The highest BCUT2D eigenvalue weighted by atomic mass is 16.5. The summed E-state index contributed by atoms with van der Waals surface area (Å²) in [4.78, 5) is 0. The van der Waals surface area contributed by atoms with E-state index in [2.05, 4.69) is 26.8 Å². The summed E-state index contributed by atoms with van der Waals surface area (Å²) >= 11 is 0. The molecule has 1 rings (SSSR count). The minimum Gasteiger partial charge on any atom is -0.496 e. The number of hydrogen-bond donors (Lipinski definition) is 2. The van der Waals surface area contributed by atoms with Gasteiger partial charge in [0.15, 0.2) is 0 Å². The van der Waals surface area contributed by atoms with Crippen molar-refractivity contribution in [1.29, 1.82) is 0 Å². The van der Waals surface area contributed by atoms with E-state index in [1.54, 1.807) is 7.11 Å². The minimum absolute atomic E-state index is 0.0328. The van der Waals surface area contributed by atoms with Gasteiger partial charge in [-0.2, -0.15) is 0 Å². The van der Waals surface area contributed by atoms with E-state index in [-0.39, 0.29) is 11.6 Å². The highest BCUT2D eigenvalue weighted by Gasteiger charge is 2.21. The van der Waals surface area contributed by atoms with Crippen LogP contribution < -0.4 is 16.2 Å². The summed E-state index contributed by atoms with van der Waals surface area (Å²) in [6.45, 7) is 10.3. The molecule has 0 saturated heterocycles. The highest BCUT2D eigenvalue weighted by molar-refractivity contribution is 5.49. The Bertz CT molecular complexity index is 433. The van der Waals surface area contributed by atoms with E-state index >= 15 is 0 Å². The quantitative estimate of drug-likeness (QED) is 0.863. The summed E-state index contributed by atoms with van der Waals surface area (Å²) in [5, 5.41) is 0. The number of benzene rings is 1. The molecule has 4 N–H and O–H groups in total. The van der Waals surface area contributed by atoms with Crippen LogP contribution in [0, 0.1) is 20.8 Å². The summed E-state index contributed by atoms with van der Waals surface area (Å²) in [5.74, 6) is 0.924. The van der Waals surface area contributed by atoms with Gasteiger partial charge in [0, 0.05) is 11.6 Å². The van der Waals surface area contributed by atoms with Crippen molar-refractivity contribution in [2.45, 2.75) is 52.6 Å². The van der Waals surface area contributed by atoms with E-state index < -0.39 is 0 Å². The lowest BCUT2D eigenvalue weighted by atomic mass is 9.86. The second kappa shape index (κ2) is 5.29. The molecular weight excluding hydrogens is 224 g/mol. The van der Waals surface area contributed by atoms with Gasteiger partial charge in [-0.3, -0.25) is 0 Å². The van der Waals surface area contributed by atoms with Crippen LogP contribution >= 0.6 is 0 Å². The Morgan fingerprint density at radius 3 is 2.22 bits per heavy atom. The molecule has 0 fully saturated rings. The first-order valence-electron chi connectivity index (χ1n) is 6.36. The fraction of sp³-hybridized carbons (Fsp3) is 0.600. The molecule has 0 bridgehead atoms. The van der Waals surface area contributed by atoms with Gasteiger partial charge < -0.3 is 16.2 Å². The Balaban J connectivity index is 3.21. The molecule has 1 atom stereocenters. The zero-order chi connectivity index (χ0) is 14.1. The highest BCUT2D eigenvalue weighted by Crippen LogP contribution is 2.32. The fourth-order valence-corrected chi connectivity index (χ4v) is 2.52. The first-order valence-corrected chi connectivity index (χ1v) is 6.36. The predicted octanol–water partition coefficient (Wildman–Crippen LogP) is 2.75. The Morgan fingerprint density at radius 1 is 1.22 bits per heavy atom. The number of ether oxygens (including phenoxy) is 1. The van der Waals surface area contributed by atoms with Gasteiger partial charge in [-0.15, -0.1) is 0 Å². The van der Waals surface area contributed by atoms with Crippen molar-refractivity contribution in [3.8, 4) is 5.75 Å². The van der Waals surface area contributed by atoms with Gasteiger partial charge in [0.05, 0.1) is 7.11 Å². The molecule has 3 heteroatoms. The standard InChI is InChI=1S/C15H26N2O/c1-9-7-13(18-6)10(2)11(3)14(9)12(16)8-15(4,5)17/h7,12H,8,16-17H2,1-6H3. The zero-order valence-corrected chi connectivity index (χ0v) is 12.4. The largest absolute Gasteiger partial charge is 0.496 e. The van der Waals surface area contributed by atoms with Gasteiger partial charge in [0.25, 0.3) is 0 Å². The smallest absolute Gasteiger partial charge is 0.122 e. The van der Waals surface area contributed by atoms with Gasteiger partial charge in [0.2, 0.25) is 0 Å². The molecular formula is C15H26N2O. The second-order valence-corrected chi connectivity index (χ2v) is 5.86. The maximum absolute atomic E-state index is 6.32. The van der Waals surface area contributed by atoms with Gasteiger partial charge in [0.1, 0.15) is 5.75 Å². The van der Waals surface area contributed by atoms with Crippen molar-refractivity contribution in [2.24, 2.45) is 11.5 Å². The van der Waals surface area contributed by atoms with E-state index in [1.165, 1.54) is 16.7 Å². The Labute approximate surface area is 111 Å². The maximum Gasteiger partial charge on any atom is 0.122 e. The third-order valence-electron chi connectivity index (χ3n) is 3.45. The van der Waals surface area contributed by atoms with Crippen LogP contribution in [-0.2, 0) is 0 Å². The summed E-state index contributed by atoms with van der Waals surface area (Å²) in [7, 11) is 1.70. The monoisotopic (exact) mass is 250 g/mol. The first kappa shape index (κ1) is 15.0. The van der Waals surface area contributed by atoms with Crippen LogP contribution in [0.1, 0.15) is 48.6 Å². The van der Waals surface area contributed by atoms with Crippen molar-refractivity contribution in [2.75, 3.05) is 7.11 Å². The molecule has 102 valence electrons. The van der Waals surface area contributed by atoms with Crippen LogP contribution in [0.5, 0.6) is 5.75 Å². The lowest BCUT2D eigenvalue weighted by Crippen LogP contribution is -2.36. The van der Waals surface area contributed by atoms with Gasteiger partial charge >= 0.3 is 0 Å². The first-order chi connectivity index (χ1) is 8.17. The number of hydrogen-bond acceptors (Lipinski definition) is 3. The molecule has 0 amide bonds. The van der Waals surface area contributed by atoms with E-state index in [9.17, 15) is 0 Å². The van der Waals surface area contributed by atoms with Crippen LogP contribution in [-0.4, -0.2) is 12.6 Å². The molecule has 0 radical (unpaired) electrons. The minimum atomic E-state index is -0.258. The average molecular weight is 250 g/mol. The third-order valence-corrected chi connectivity index (χ3v) is 3.45. The molecule has 0 aromatic heterocycles. The summed E-state index contributed by atoms with van der Waals surface area (Å²) in [6.07, 6.45) is 0.764. The average Bonchev–Trinajstić information content (AvgIpc) is 2.20. The number of aryl methyl sites for hydroxylation is 1. The summed E-state index contributed by atoms with van der Waals surface area (Å²) < 4.78 is 5.38. The molecule has 0 spiro atoms. The molecule has 0 aliphatic heterocycles. The normalized spacial score (nSPS) is 13.6. The lowest BCUT2D eigenvalue weighted by molar-refractivity contribution is 0.408. The maximum atomic E-state index is 6.32. The van der Waals surface area contributed by atoms with Crippen LogP contribution in [0.15, 0.2) is 6.07 Å². The van der Waals surface area contributed by atoms with Crippen molar-refractivity contribution >= 4 is 0 Å². The molecule has 1 unspecified atom stereocenters. The van der Waals surface area contributed by atoms with Crippen LogP contribution in [0.3, 0.4) is 0 Å². The lowest BCUT2D eigenvalue weighted by Gasteiger charge is -2.27. The summed E-state index contributed by atoms with van der Waals surface area (Å²) in [5.41, 5.74) is 16.9. The molecule has 0 aliphatic rings. The number of nitrogens with two attached hydrogens (primary N) is 2. The fourth-order valence-electron chi connectivity index (χ4n) is 2.52. The molecule has 1 aromatic carbocycles. The molecule has 3 nitrogen and oxygen atoms in total. The van der Waals surface area contributed by atoms with E-state index in [0.29, 0.717) is 0 Å². The topological polar surface area (TPSA) is 61.3 Å². The summed E-state index contributed by atoms with van der Waals surface area (Å²) in [6, 6.07) is 2.02. The van der Waals surface area contributed by atoms with Crippen molar-refractivity contribution in [3.63, 3.8) is 0 Å². The Morgan fingerprint density at radius 2 is 1.78 bits per heavy atom. The Kier molecular flexibility index (Phi) is 4.41. The number of rotatable bonds is 4. The Hall–Kier alpha value is -1.06. The molecule has 0 saturated carbocycles. The zero-order valence-electron chi connectivity index (χ0n) is 12.4. The predicted molar refractivity (Wildman–Crippen MR) is 77.0 cm³/mol. The van der Waals surface area contributed by atoms with Crippen LogP contribution in [0.25, 0.3) is 0 Å². The van der Waals surface area contributed by atoms with Gasteiger partial charge in [-0.1, -0.05) is 0 Å². The molecule has 0 aliphatic carbocycles. The van der Waals surface area contributed by atoms with E-state index in [1.807, 2.05) is 13.8 Å². The van der Waals surface area contributed by atoms with Gasteiger partial charge in [-0.05, 0) is 69.4 Å². The third kappa shape index (κ3) is 3.24. The second-order valence-electron chi connectivity index (χ2n) is 5.86. The van der Waals surface area contributed by atoms with Crippen LogP contribution in [0.4, 0.5) is 0 Å². The molecule has 18 heavy (non-hydrogen) atoms. The molecule has 0 heterocycles. The van der Waals surface area contributed by atoms with Crippen molar-refractivity contribution in [1.82, 2.24) is 0 Å². The van der Waals surface area contributed by atoms with E-state index in [0.717, 1.165) is 17.7 Å².